The van der Waals surface area contributed by atoms with E-state index in [0.717, 1.165) is 28.2 Å². The van der Waals surface area contributed by atoms with Crippen molar-refractivity contribution < 1.29 is 13.6 Å². The first kappa shape index (κ1) is 17.8. The standard InChI is InChI=1S/C17H16ClF2NOS/c1-10-7-16(11(2)6-13(10)18)23-9-17(22)21(3)15-5-4-12(19)8-14(15)20/h4-8H,9H2,1-3H3. The summed E-state index contributed by atoms with van der Waals surface area (Å²) in [7, 11) is 1.47. The molecule has 0 N–H and O–H groups in total. The Morgan fingerprint density at radius 3 is 2.52 bits per heavy atom. The van der Waals surface area contributed by atoms with Gasteiger partial charge in [0.25, 0.3) is 0 Å². The van der Waals surface area contributed by atoms with Crippen LogP contribution in [0.1, 0.15) is 11.1 Å². The van der Waals surface area contributed by atoms with Gasteiger partial charge >= 0.3 is 0 Å². The van der Waals surface area contributed by atoms with Gasteiger partial charge in [0, 0.05) is 23.0 Å². The molecule has 2 nitrogen and oxygen atoms in total. The predicted molar refractivity (Wildman–Crippen MR) is 91.4 cm³/mol. The molecule has 0 unspecified atom stereocenters. The number of anilines is 1. The molecule has 2 aromatic rings. The molecule has 0 aliphatic heterocycles. The summed E-state index contributed by atoms with van der Waals surface area (Å²) in [5.41, 5.74) is 1.97. The maximum atomic E-state index is 13.7. The number of aryl methyl sites for hydroxylation is 2. The van der Waals surface area contributed by atoms with Gasteiger partial charge in [0.05, 0.1) is 11.4 Å². The maximum Gasteiger partial charge on any atom is 0.237 e. The molecular formula is C17H16ClF2NOS. The minimum absolute atomic E-state index is 0.0565. The van der Waals surface area contributed by atoms with Crippen LogP contribution in [0.15, 0.2) is 35.2 Å². The third-order valence-corrected chi connectivity index (χ3v) is 5.00. The van der Waals surface area contributed by atoms with Gasteiger partial charge in [-0.05, 0) is 49.2 Å². The number of hydrogen-bond acceptors (Lipinski definition) is 2. The van der Waals surface area contributed by atoms with Crippen molar-refractivity contribution in [3.63, 3.8) is 0 Å². The van der Waals surface area contributed by atoms with Crippen LogP contribution in [0.25, 0.3) is 0 Å². The number of carbonyl (C=O) groups excluding carboxylic acids is 1. The molecule has 0 aliphatic rings. The predicted octanol–water partition coefficient (Wildman–Crippen LogP) is 4.99. The zero-order chi connectivity index (χ0) is 17.1. The highest BCUT2D eigenvalue weighted by atomic mass is 35.5. The largest absolute Gasteiger partial charge is 0.312 e. The van der Waals surface area contributed by atoms with E-state index in [-0.39, 0.29) is 17.3 Å². The summed E-state index contributed by atoms with van der Waals surface area (Å²) >= 11 is 7.42. The monoisotopic (exact) mass is 355 g/mol. The van der Waals surface area contributed by atoms with E-state index in [4.69, 9.17) is 11.6 Å². The fourth-order valence-electron chi connectivity index (χ4n) is 2.03. The van der Waals surface area contributed by atoms with E-state index < -0.39 is 11.6 Å². The number of rotatable bonds is 4. The Hall–Kier alpha value is -1.59. The zero-order valence-electron chi connectivity index (χ0n) is 13.0. The molecule has 0 radical (unpaired) electrons. The smallest absolute Gasteiger partial charge is 0.237 e. The lowest BCUT2D eigenvalue weighted by molar-refractivity contribution is -0.115. The van der Waals surface area contributed by atoms with E-state index in [1.165, 1.54) is 29.8 Å². The normalized spacial score (nSPS) is 10.7. The van der Waals surface area contributed by atoms with Crippen LogP contribution in [0.3, 0.4) is 0 Å². The molecule has 23 heavy (non-hydrogen) atoms. The maximum absolute atomic E-state index is 13.7. The Balaban J connectivity index is 2.09. The van der Waals surface area contributed by atoms with Gasteiger partial charge in [0.15, 0.2) is 0 Å². The summed E-state index contributed by atoms with van der Waals surface area (Å²) in [5, 5.41) is 0.684. The fourth-order valence-corrected chi connectivity index (χ4v) is 3.27. The molecule has 0 atom stereocenters. The molecule has 0 bridgehead atoms. The number of thioether (sulfide) groups is 1. The summed E-state index contributed by atoms with van der Waals surface area (Å²) in [5.74, 6) is -1.56. The molecule has 122 valence electrons. The van der Waals surface area contributed by atoms with Crippen molar-refractivity contribution >= 4 is 35.0 Å². The second kappa shape index (κ2) is 7.32. The Labute approximate surface area is 143 Å². The molecule has 0 saturated carbocycles. The topological polar surface area (TPSA) is 20.3 Å². The van der Waals surface area contributed by atoms with Gasteiger partial charge in [-0.1, -0.05) is 11.6 Å². The van der Waals surface area contributed by atoms with Gasteiger partial charge in [-0.2, -0.15) is 0 Å². The van der Waals surface area contributed by atoms with Crippen molar-refractivity contribution in [2.75, 3.05) is 17.7 Å². The summed E-state index contributed by atoms with van der Waals surface area (Å²) in [6.07, 6.45) is 0. The Kier molecular flexibility index (Phi) is 5.65. The molecule has 0 aromatic heterocycles. The van der Waals surface area contributed by atoms with Crippen LogP contribution in [0.2, 0.25) is 5.02 Å². The number of hydrogen-bond donors (Lipinski definition) is 0. The Bertz CT molecular complexity index is 752. The lowest BCUT2D eigenvalue weighted by atomic mass is 10.2. The summed E-state index contributed by atoms with van der Waals surface area (Å²) in [4.78, 5) is 14.4. The highest BCUT2D eigenvalue weighted by Gasteiger charge is 2.16. The molecule has 2 rings (SSSR count). The third-order valence-electron chi connectivity index (χ3n) is 3.45. The lowest BCUT2D eigenvalue weighted by Crippen LogP contribution is -2.28. The van der Waals surface area contributed by atoms with Crippen molar-refractivity contribution in [2.24, 2.45) is 0 Å². The van der Waals surface area contributed by atoms with Crippen molar-refractivity contribution in [2.45, 2.75) is 18.7 Å². The Morgan fingerprint density at radius 1 is 1.17 bits per heavy atom. The molecular weight excluding hydrogens is 340 g/mol. The second-order valence-electron chi connectivity index (χ2n) is 5.20. The summed E-state index contributed by atoms with van der Waals surface area (Å²) in [6.45, 7) is 3.81. The van der Waals surface area contributed by atoms with Gasteiger partial charge in [-0.25, -0.2) is 8.78 Å². The molecule has 0 fully saturated rings. The third kappa shape index (κ3) is 4.24. The van der Waals surface area contributed by atoms with Crippen LogP contribution in [-0.4, -0.2) is 18.7 Å². The minimum Gasteiger partial charge on any atom is -0.312 e. The molecule has 2 aromatic carbocycles. The van der Waals surface area contributed by atoms with Crippen LogP contribution < -0.4 is 4.90 Å². The quantitative estimate of drug-likeness (QED) is 0.720. The molecule has 0 saturated heterocycles. The first-order chi connectivity index (χ1) is 10.8. The number of nitrogens with zero attached hydrogens (tertiary/aromatic N) is 1. The van der Waals surface area contributed by atoms with Gasteiger partial charge in [-0.3, -0.25) is 4.79 Å². The fraction of sp³-hybridized carbons (Fsp3) is 0.235. The van der Waals surface area contributed by atoms with Crippen molar-refractivity contribution in [1.82, 2.24) is 0 Å². The van der Waals surface area contributed by atoms with E-state index in [1.54, 1.807) is 0 Å². The number of benzene rings is 2. The molecule has 0 aliphatic carbocycles. The lowest BCUT2D eigenvalue weighted by Gasteiger charge is -2.18. The van der Waals surface area contributed by atoms with Crippen molar-refractivity contribution in [1.29, 1.82) is 0 Å². The van der Waals surface area contributed by atoms with Gasteiger partial charge in [0.2, 0.25) is 5.91 Å². The molecule has 0 spiro atoms. The zero-order valence-corrected chi connectivity index (χ0v) is 14.6. The average Bonchev–Trinajstić information content (AvgIpc) is 2.48. The molecule has 1 amide bonds. The Morgan fingerprint density at radius 2 is 1.87 bits per heavy atom. The second-order valence-corrected chi connectivity index (χ2v) is 6.63. The summed E-state index contributed by atoms with van der Waals surface area (Å²) in [6, 6.07) is 6.92. The van der Waals surface area contributed by atoms with Gasteiger partial charge in [-0.15, -0.1) is 11.8 Å². The van der Waals surface area contributed by atoms with Crippen LogP contribution in [0.4, 0.5) is 14.5 Å². The summed E-state index contributed by atoms with van der Waals surface area (Å²) < 4.78 is 26.7. The minimum atomic E-state index is -0.760. The molecule has 6 heteroatoms. The van der Waals surface area contributed by atoms with Crippen molar-refractivity contribution in [3.05, 3.63) is 58.1 Å². The van der Waals surface area contributed by atoms with Crippen molar-refractivity contribution in [3.8, 4) is 0 Å². The first-order valence-electron chi connectivity index (χ1n) is 6.90. The first-order valence-corrected chi connectivity index (χ1v) is 8.27. The van der Waals surface area contributed by atoms with E-state index in [2.05, 4.69) is 0 Å². The highest BCUT2D eigenvalue weighted by Crippen LogP contribution is 2.29. The molecule has 0 heterocycles. The van der Waals surface area contributed by atoms with E-state index in [9.17, 15) is 13.6 Å². The highest BCUT2D eigenvalue weighted by molar-refractivity contribution is 8.00. The van der Waals surface area contributed by atoms with Crippen LogP contribution in [-0.2, 0) is 4.79 Å². The average molecular weight is 356 g/mol. The van der Waals surface area contributed by atoms with Crippen LogP contribution in [0.5, 0.6) is 0 Å². The number of amides is 1. The van der Waals surface area contributed by atoms with Gasteiger partial charge in [0.1, 0.15) is 11.6 Å². The van der Waals surface area contributed by atoms with E-state index in [1.807, 2.05) is 26.0 Å². The van der Waals surface area contributed by atoms with Crippen LogP contribution in [0, 0.1) is 25.5 Å². The van der Waals surface area contributed by atoms with E-state index >= 15 is 0 Å². The SMILES string of the molecule is Cc1cc(SCC(=O)N(C)c2ccc(F)cc2F)c(C)cc1Cl. The van der Waals surface area contributed by atoms with Gasteiger partial charge < -0.3 is 4.90 Å². The van der Waals surface area contributed by atoms with Crippen LogP contribution >= 0.6 is 23.4 Å². The number of halogens is 3. The van der Waals surface area contributed by atoms with E-state index in [0.29, 0.717) is 5.02 Å². The number of carbonyl (C=O) groups is 1.